The van der Waals surface area contributed by atoms with Gasteiger partial charge >= 0.3 is 0 Å². The van der Waals surface area contributed by atoms with E-state index in [1.54, 1.807) is 5.56 Å². The van der Waals surface area contributed by atoms with Crippen LogP contribution in [-0.2, 0) is 0 Å². The Kier molecular flexibility index (Phi) is 7.11. The second-order valence-corrected chi connectivity index (χ2v) is 10.1. The summed E-state index contributed by atoms with van der Waals surface area (Å²) in [4.78, 5) is 0. The summed E-state index contributed by atoms with van der Waals surface area (Å²) >= 11 is 0. The van der Waals surface area contributed by atoms with Crippen molar-refractivity contribution in [3.8, 4) is 0 Å². The average Bonchev–Trinajstić information content (AvgIpc) is 2.79. The van der Waals surface area contributed by atoms with E-state index < -0.39 is 0 Å². The Labute approximate surface area is 179 Å². The Morgan fingerprint density at radius 3 is 2.03 bits per heavy atom. The average molecular weight is 389 g/mol. The summed E-state index contributed by atoms with van der Waals surface area (Å²) in [5, 5.41) is 0. The first kappa shape index (κ1) is 20.7. The summed E-state index contributed by atoms with van der Waals surface area (Å²) in [6.07, 6.45) is 26.1. The minimum absolute atomic E-state index is 0.686. The molecule has 2 unspecified atom stereocenters. The van der Waals surface area contributed by atoms with Crippen LogP contribution in [0, 0.1) is 36.5 Å². The van der Waals surface area contributed by atoms with Crippen molar-refractivity contribution in [2.45, 2.75) is 77.0 Å². The lowest BCUT2D eigenvalue weighted by atomic mass is 9.72. The van der Waals surface area contributed by atoms with E-state index in [0.717, 1.165) is 29.6 Å². The van der Waals surface area contributed by atoms with Crippen LogP contribution in [0.2, 0.25) is 0 Å². The zero-order valence-electron chi connectivity index (χ0n) is 18.4. The summed E-state index contributed by atoms with van der Waals surface area (Å²) in [5.74, 6) is 4.84. The van der Waals surface area contributed by atoms with Crippen molar-refractivity contribution in [2.24, 2.45) is 29.6 Å². The molecule has 1 aromatic rings. The molecule has 0 bridgehead atoms. The van der Waals surface area contributed by atoms with Gasteiger partial charge in [-0.25, -0.2) is 0 Å². The molecule has 0 N–H and O–H groups in total. The molecule has 2 atom stereocenters. The van der Waals surface area contributed by atoms with Crippen LogP contribution in [0.15, 0.2) is 61.2 Å². The summed E-state index contributed by atoms with van der Waals surface area (Å²) in [7, 11) is 0. The minimum atomic E-state index is 0.686. The SMILES string of the molecule is C=CC1CCC(C2C=CC(/C=C/C3CCC(c4ccc(C)cc4)CC3)CC2)CC1. The first-order valence-corrected chi connectivity index (χ1v) is 12.3. The van der Waals surface area contributed by atoms with Gasteiger partial charge in [0.2, 0.25) is 0 Å². The maximum Gasteiger partial charge on any atom is -0.00531 e. The van der Waals surface area contributed by atoms with Gasteiger partial charge in [-0.2, -0.15) is 0 Å². The largest absolute Gasteiger partial charge is 0.103 e. The molecule has 0 amide bonds. The molecule has 0 radical (unpaired) electrons. The number of aryl methyl sites for hydroxylation is 1. The smallest absolute Gasteiger partial charge is 0.00531 e. The molecular weight excluding hydrogens is 348 g/mol. The maximum absolute atomic E-state index is 3.99. The highest BCUT2D eigenvalue weighted by Gasteiger charge is 2.27. The predicted octanol–water partition coefficient (Wildman–Crippen LogP) is 8.40. The van der Waals surface area contributed by atoms with Crippen molar-refractivity contribution < 1.29 is 0 Å². The van der Waals surface area contributed by atoms with Gasteiger partial charge in [0.15, 0.2) is 0 Å². The Hall–Kier alpha value is -1.56. The number of allylic oxidation sites excluding steroid dienone is 5. The Bertz CT molecular complexity index is 690. The van der Waals surface area contributed by atoms with Crippen LogP contribution in [0.3, 0.4) is 0 Å². The van der Waals surface area contributed by atoms with Gasteiger partial charge in [-0.1, -0.05) is 60.2 Å². The van der Waals surface area contributed by atoms with Crippen molar-refractivity contribution in [3.05, 3.63) is 72.4 Å². The zero-order chi connectivity index (χ0) is 20.1. The van der Waals surface area contributed by atoms with Gasteiger partial charge in [-0.15, -0.1) is 6.58 Å². The molecule has 4 rings (SSSR count). The topological polar surface area (TPSA) is 0 Å². The molecule has 0 heterocycles. The highest BCUT2D eigenvalue weighted by Crippen LogP contribution is 2.40. The molecule has 0 nitrogen and oxygen atoms in total. The molecule has 0 heteroatoms. The van der Waals surface area contributed by atoms with Crippen LogP contribution in [0.1, 0.15) is 81.3 Å². The van der Waals surface area contributed by atoms with Crippen LogP contribution in [0.4, 0.5) is 0 Å². The molecule has 3 aliphatic carbocycles. The van der Waals surface area contributed by atoms with Gasteiger partial charge < -0.3 is 0 Å². The number of hydrogen-bond donors (Lipinski definition) is 0. The lowest BCUT2D eigenvalue weighted by Crippen LogP contribution is -2.22. The van der Waals surface area contributed by atoms with Crippen molar-refractivity contribution in [2.75, 3.05) is 0 Å². The van der Waals surface area contributed by atoms with Crippen LogP contribution in [0.25, 0.3) is 0 Å². The van der Waals surface area contributed by atoms with E-state index in [4.69, 9.17) is 0 Å². The van der Waals surface area contributed by atoms with E-state index in [1.807, 2.05) is 0 Å². The van der Waals surface area contributed by atoms with Gasteiger partial charge in [0.1, 0.15) is 0 Å². The summed E-state index contributed by atoms with van der Waals surface area (Å²) in [5.41, 5.74) is 2.93. The summed E-state index contributed by atoms with van der Waals surface area (Å²) in [6, 6.07) is 9.25. The molecule has 0 saturated heterocycles. The lowest BCUT2D eigenvalue weighted by molar-refractivity contribution is 0.235. The van der Waals surface area contributed by atoms with Crippen LogP contribution in [0.5, 0.6) is 0 Å². The normalized spacial score (nSPS) is 35.6. The molecule has 156 valence electrons. The van der Waals surface area contributed by atoms with Gasteiger partial charge in [0.05, 0.1) is 0 Å². The van der Waals surface area contributed by atoms with E-state index in [1.165, 1.54) is 69.8 Å². The van der Waals surface area contributed by atoms with E-state index in [-0.39, 0.29) is 0 Å². The van der Waals surface area contributed by atoms with Crippen LogP contribution >= 0.6 is 0 Å². The monoisotopic (exact) mass is 388 g/mol. The predicted molar refractivity (Wildman–Crippen MR) is 126 cm³/mol. The van der Waals surface area contributed by atoms with E-state index in [0.29, 0.717) is 5.92 Å². The first-order valence-electron chi connectivity index (χ1n) is 12.3. The van der Waals surface area contributed by atoms with Gasteiger partial charge in [0, 0.05) is 0 Å². The molecule has 1 aromatic carbocycles. The Morgan fingerprint density at radius 2 is 1.41 bits per heavy atom. The third kappa shape index (κ3) is 5.53. The summed E-state index contributed by atoms with van der Waals surface area (Å²) in [6.45, 7) is 6.17. The lowest BCUT2D eigenvalue weighted by Gasteiger charge is -2.34. The second kappa shape index (κ2) is 9.96. The summed E-state index contributed by atoms with van der Waals surface area (Å²) < 4.78 is 0. The third-order valence-electron chi connectivity index (χ3n) is 8.15. The van der Waals surface area contributed by atoms with Gasteiger partial charge in [0.25, 0.3) is 0 Å². The quantitative estimate of drug-likeness (QED) is 0.444. The van der Waals surface area contributed by atoms with Crippen molar-refractivity contribution in [3.63, 3.8) is 0 Å². The number of benzene rings is 1. The molecule has 2 saturated carbocycles. The molecule has 2 fully saturated rings. The fraction of sp³-hybridized carbons (Fsp3) is 0.586. The van der Waals surface area contributed by atoms with Crippen molar-refractivity contribution >= 4 is 0 Å². The van der Waals surface area contributed by atoms with Crippen LogP contribution in [-0.4, -0.2) is 0 Å². The highest BCUT2D eigenvalue weighted by molar-refractivity contribution is 5.25. The highest BCUT2D eigenvalue weighted by atomic mass is 14.3. The molecular formula is C29H40. The second-order valence-electron chi connectivity index (χ2n) is 10.1. The zero-order valence-corrected chi connectivity index (χ0v) is 18.4. The minimum Gasteiger partial charge on any atom is -0.103 e. The molecule has 3 aliphatic rings. The third-order valence-corrected chi connectivity index (χ3v) is 8.15. The molecule has 29 heavy (non-hydrogen) atoms. The van der Waals surface area contributed by atoms with Crippen molar-refractivity contribution in [1.82, 2.24) is 0 Å². The molecule has 0 aromatic heterocycles. The van der Waals surface area contributed by atoms with E-state index >= 15 is 0 Å². The Balaban J connectivity index is 1.21. The van der Waals surface area contributed by atoms with Crippen molar-refractivity contribution in [1.29, 1.82) is 0 Å². The van der Waals surface area contributed by atoms with Gasteiger partial charge in [-0.3, -0.25) is 0 Å². The van der Waals surface area contributed by atoms with E-state index in [2.05, 4.69) is 68.1 Å². The standard InChI is InChI=1S/C29H40/c1-3-23-8-16-27(17-9-23)29-20-12-25(13-21-29)7-6-24-10-18-28(19-11-24)26-14-4-22(2)5-15-26/h3-7,12,14-15,20,23-25,27-29H,1,8-11,13,16-19,21H2,2H3/b7-6+. The first-order chi connectivity index (χ1) is 14.2. The fourth-order valence-electron chi connectivity index (χ4n) is 6.01. The molecule has 0 aliphatic heterocycles. The number of rotatable bonds is 5. The van der Waals surface area contributed by atoms with Gasteiger partial charge in [-0.05, 0) is 112 Å². The van der Waals surface area contributed by atoms with E-state index in [9.17, 15) is 0 Å². The Morgan fingerprint density at radius 1 is 0.724 bits per heavy atom. The van der Waals surface area contributed by atoms with Crippen LogP contribution < -0.4 is 0 Å². The molecule has 0 spiro atoms. The fourth-order valence-corrected chi connectivity index (χ4v) is 6.01. The maximum atomic E-state index is 3.99. The number of hydrogen-bond acceptors (Lipinski definition) is 0.